The average molecular weight is 512 g/mol. The standard InChI is InChI=1S/C27H27Cl2N3O3/c1-18(2)15-25(31-26(33)20-9-11-22(28)12-10-20)27(34)32-30-16-19-7-13-23(14-8-19)35-17-21-5-3-4-6-24(21)29/h3-14,16,18,25H,15,17H2,1-2H3,(H,31,33)(H,32,34)/b30-16+. The monoisotopic (exact) mass is 511 g/mol. The van der Waals surface area contributed by atoms with E-state index in [0.29, 0.717) is 34.4 Å². The maximum atomic E-state index is 12.7. The van der Waals surface area contributed by atoms with E-state index in [1.165, 1.54) is 6.21 Å². The zero-order chi connectivity index (χ0) is 25.2. The molecule has 0 aliphatic carbocycles. The Morgan fingerprint density at radius 3 is 2.31 bits per heavy atom. The Hall–Kier alpha value is -3.35. The first kappa shape index (κ1) is 26.3. The van der Waals surface area contributed by atoms with Crippen molar-refractivity contribution in [2.75, 3.05) is 0 Å². The predicted molar refractivity (Wildman–Crippen MR) is 140 cm³/mol. The lowest BCUT2D eigenvalue weighted by atomic mass is 10.0. The van der Waals surface area contributed by atoms with E-state index in [1.54, 1.807) is 24.3 Å². The van der Waals surface area contributed by atoms with Gasteiger partial charge in [0.2, 0.25) is 0 Å². The number of hydrazone groups is 1. The summed E-state index contributed by atoms with van der Waals surface area (Å²) in [6.45, 7) is 4.32. The fraction of sp³-hybridized carbons (Fsp3) is 0.222. The zero-order valence-corrected chi connectivity index (χ0v) is 21.0. The second-order valence-electron chi connectivity index (χ2n) is 8.35. The summed E-state index contributed by atoms with van der Waals surface area (Å²) in [7, 11) is 0. The Morgan fingerprint density at radius 2 is 1.66 bits per heavy atom. The minimum absolute atomic E-state index is 0.193. The van der Waals surface area contributed by atoms with Crippen molar-refractivity contribution >= 4 is 41.2 Å². The molecule has 0 aliphatic heterocycles. The molecule has 1 atom stereocenters. The molecule has 0 radical (unpaired) electrons. The van der Waals surface area contributed by atoms with E-state index in [2.05, 4.69) is 15.8 Å². The number of benzene rings is 3. The third kappa shape index (κ3) is 8.42. The smallest absolute Gasteiger partial charge is 0.262 e. The fourth-order valence-corrected chi connectivity index (χ4v) is 3.54. The molecule has 3 aromatic rings. The topological polar surface area (TPSA) is 79.8 Å². The number of hydrogen-bond acceptors (Lipinski definition) is 4. The minimum Gasteiger partial charge on any atom is -0.489 e. The van der Waals surface area contributed by atoms with E-state index in [1.807, 2.05) is 62.4 Å². The van der Waals surface area contributed by atoms with Crippen LogP contribution >= 0.6 is 23.2 Å². The number of nitrogens with one attached hydrogen (secondary N) is 2. The van der Waals surface area contributed by atoms with Crippen LogP contribution in [0.4, 0.5) is 0 Å². The summed E-state index contributed by atoms with van der Waals surface area (Å²) in [5.74, 6) is 0.141. The molecule has 3 rings (SSSR count). The summed E-state index contributed by atoms with van der Waals surface area (Å²) in [6.07, 6.45) is 2.00. The van der Waals surface area contributed by atoms with Gasteiger partial charge in [-0.25, -0.2) is 5.43 Å². The molecule has 0 saturated carbocycles. The summed E-state index contributed by atoms with van der Waals surface area (Å²) in [5.41, 5.74) is 4.63. The largest absolute Gasteiger partial charge is 0.489 e. The first-order valence-electron chi connectivity index (χ1n) is 11.2. The molecule has 0 aromatic heterocycles. The van der Waals surface area contributed by atoms with Gasteiger partial charge in [0.05, 0.1) is 6.21 Å². The molecule has 1 unspecified atom stereocenters. The second-order valence-corrected chi connectivity index (χ2v) is 9.19. The van der Waals surface area contributed by atoms with Gasteiger partial charge in [0.1, 0.15) is 18.4 Å². The molecule has 0 heterocycles. The summed E-state index contributed by atoms with van der Waals surface area (Å²) >= 11 is 12.0. The van der Waals surface area contributed by atoms with Crippen molar-refractivity contribution in [1.82, 2.24) is 10.7 Å². The normalized spacial score (nSPS) is 11.9. The van der Waals surface area contributed by atoms with Crippen molar-refractivity contribution < 1.29 is 14.3 Å². The van der Waals surface area contributed by atoms with E-state index >= 15 is 0 Å². The molecule has 182 valence electrons. The number of carbonyl (C=O) groups excluding carboxylic acids is 2. The number of nitrogens with zero attached hydrogens (tertiary/aromatic N) is 1. The lowest BCUT2D eigenvalue weighted by molar-refractivity contribution is -0.123. The van der Waals surface area contributed by atoms with Gasteiger partial charge in [-0.2, -0.15) is 5.10 Å². The van der Waals surface area contributed by atoms with Crippen LogP contribution in [0.2, 0.25) is 10.0 Å². The van der Waals surface area contributed by atoms with Crippen LogP contribution in [-0.4, -0.2) is 24.1 Å². The SMILES string of the molecule is CC(C)CC(NC(=O)c1ccc(Cl)cc1)C(=O)N/N=C/c1ccc(OCc2ccccc2Cl)cc1. The number of rotatable bonds is 10. The quantitative estimate of drug-likeness (QED) is 0.264. The van der Waals surface area contributed by atoms with Gasteiger partial charge in [-0.1, -0.05) is 55.2 Å². The fourth-order valence-electron chi connectivity index (χ4n) is 3.22. The highest BCUT2D eigenvalue weighted by atomic mass is 35.5. The zero-order valence-electron chi connectivity index (χ0n) is 19.5. The predicted octanol–water partition coefficient (Wildman–Crippen LogP) is 5.87. The Labute approximate surface area is 215 Å². The Balaban J connectivity index is 1.54. The Kier molecular flexibility index (Phi) is 9.70. The summed E-state index contributed by atoms with van der Waals surface area (Å²) < 4.78 is 5.77. The van der Waals surface area contributed by atoms with Gasteiger partial charge >= 0.3 is 0 Å². The third-order valence-electron chi connectivity index (χ3n) is 5.06. The van der Waals surface area contributed by atoms with Crippen molar-refractivity contribution in [1.29, 1.82) is 0 Å². The third-order valence-corrected chi connectivity index (χ3v) is 5.68. The molecule has 8 heteroatoms. The molecule has 0 fully saturated rings. The van der Waals surface area contributed by atoms with Crippen LogP contribution in [-0.2, 0) is 11.4 Å². The van der Waals surface area contributed by atoms with Gasteiger partial charge < -0.3 is 10.1 Å². The van der Waals surface area contributed by atoms with Crippen LogP contribution in [0.5, 0.6) is 5.75 Å². The second kappa shape index (κ2) is 12.9. The van der Waals surface area contributed by atoms with Gasteiger partial charge in [-0.15, -0.1) is 0 Å². The molecule has 0 saturated heterocycles. The first-order chi connectivity index (χ1) is 16.8. The van der Waals surface area contributed by atoms with E-state index in [-0.39, 0.29) is 11.8 Å². The lowest BCUT2D eigenvalue weighted by Gasteiger charge is -2.19. The minimum atomic E-state index is -0.726. The highest BCUT2D eigenvalue weighted by Crippen LogP contribution is 2.19. The molecule has 3 aromatic carbocycles. The summed E-state index contributed by atoms with van der Waals surface area (Å²) in [4.78, 5) is 25.3. The van der Waals surface area contributed by atoms with E-state index in [9.17, 15) is 9.59 Å². The summed E-state index contributed by atoms with van der Waals surface area (Å²) in [6, 6.07) is 20.6. The molecule has 0 aliphatic rings. The van der Waals surface area contributed by atoms with Crippen molar-refractivity contribution in [3.8, 4) is 5.75 Å². The van der Waals surface area contributed by atoms with Crippen molar-refractivity contribution in [3.05, 3.63) is 99.5 Å². The van der Waals surface area contributed by atoms with Crippen LogP contribution in [0.25, 0.3) is 0 Å². The van der Waals surface area contributed by atoms with Crippen LogP contribution in [0.1, 0.15) is 41.8 Å². The Morgan fingerprint density at radius 1 is 0.971 bits per heavy atom. The van der Waals surface area contributed by atoms with Gasteiger partial charge in [-0.3, -0.25) is 9.59 Å². The van der Waals surface area contributed by atoms with Crippen LogP contribution < -0.4 is 15.5 Å². The van der Waals surface area contributed by atoms with Crippen molar-refractivity contribution in [3.63, 3.8) is 0 Å². The van der Waals surface area contributed by atoms with Crippen LogP contribution in [0.3, 0.4) is 0 Å². The average Bonchev–Trinajstić information content (AvgIpc) is 2.84. The number of halogens is 2. The molecule has 6 nitrogen and oxygen atoms in total. The lowest BCUT2D eigenvalue weighted by Crippen LogP contribution is -2.46. The molecule has 2 amide bonds. The molecule has 2 N–H and O–H groups in total. The number of carbonyl (C=O) groups is 2. The maximum absolute atomic E-state index is 12.7. The Bertz CT molecular complexity index is 1160. The summed E-state index contributed by atoms with van der Waals surface area (Å²) in [5, 5.41) is 8.02. The molecule has 35 heavy (non-hydrogen) atoms. The van der Waals surface area contributed by atoms with Crippen LogP contribution in [0, 0.1) is 5.92 Å². The maximum Gasteiger partial charge on any atom is 0.262 e. The van der Waals surface area contributed by atoms with E-state index in [0.717, 1.165) is 11.1 Å². The van der Waals surface area contributed by atoms with E-state index < -0.39 is 11.9 Å². The van der Waals surface area contributed by atoms with E-state index in [4.69, 9.17) is 27.9 Å². The van der Waals surface area contributed by atoms with Gasteiger partial charge in [0.15, 0.2) is 0 Å². The molecule has 0 bridgehead atoms. The molecule has 0 spiro atoms. The van der Waals surface area contributed by atoms with Gasteiger partial charge in [0.25, 0.3) is 11.8 Å². The van der Waals surface area contributed by atoms with Crippen molar-refractivity contribution in [2.45, 2.75) is 32.9 Å². The van der Waals surface area contributed by atoms with Crippen molar-refractivity contribution in [2.24, 2.45) is 11.0 Å². The number of ether oxygens (including phenoxy) is 1. The van der Waals surface area contributed by atoms with Gasteiger partial charge in [0, 0.05) is 21.2 Å². The number of amides is 2. The highest BCUT2D eigenvalue weighted by Gasteiger charge is 2.22. The number of hydrogen-bond donors (Lipinski definition) is 2. The molecular formula is C27H27Cl2N3O3. The first-order valence-corrected chi connectivity index (χ1v) is 11.9. The van der Waals surface area contributed by atoms with Crippen LogP contribution in [0.15, 0.2) is 77.9 Å². The highest BCUT2D eigenvalue weighted by molar-refractivity contribution is 6.31. The molecular weight excluding hydrogens is 485 g/mol. The van der Waals surface area contributed by atoms with Gasteiger partial charge in [-0.05, 0) is 72.5 Å².